The number of aromatic nitrogens is 3. The molecule has 1 aromatic carbocycles. The first-order chi connectivity index (χ1) is 10.2. The molecule has 1 N–H and O–H groups in total. The number of ether oxygens (including phenoxy) is 1. The zero-order valence-electron chi connectivity index (χ0n) is 12.1. The second-order valence-corrected chi connectivity index (χ2v) is 4.46. The van der Waals surface area contributed by atoms with Crippen LogP contribution in [-0.2, 0) is 11.3 Å². The number of nitrogens with one attached hydrogen (secondary N) is 1. The van der Waals surface area contributed by atoms with Gasteiger partial charge in [0.25, 0.3) is 0 Å². The topological polar surface area (TPSA) is 71.1 Å². The van der Waals surface area contributed by atoms with Gasteiger partial charge < -0.3 is 9.64 Å². The van der Waals surface area contributed by atoms with E-state index >= 15 is 0 Å². The molecule has 1 amide bonds. The van der Waals surface area contributed by atoms with Crippen LogP contribution in [0.5, 0.6) is 5.75 Å². The number of benzene rings is 1. The van der Waals surface area contributed by atoms with E-state index in [0.29, 0.717) is 19.0 Å². The lowest BCUT2D eigenvalue weighted by Crippen LogP contribution is -2.24. The molecule has 6 heteroatoms. The highest BCUT2D eigenvalue weighted by Crippen LogP contribution is 2.13. The molecule has 0 aliphatic carbocycles. The molecule has 0 bridgehead atoms. The molecular formula is C15H18N4O2. The van der Waals surface area contributed by atoms with Crippen molar-refractivity contribution >= 4 is 12.0 Å². The monoisotopic (exact) mass is 286 g/mol. The minimum Gasteiger partial charge on any atom is -0.494 e. The summed E-state index contributed by atoms with van der Waals surface area (Å²) in [6.45, 7) is 2.98. The van der Waals surface area contributed by atoms with Gasteiger partial charge in [-0.15, -0.1) is 0 Å². The molecule has 21 heavy (non-hydrogen) atoms. The second kappa shape index (κ2) is 7.23. The van der Waals surface area contributed by atoms with Crippen LogP contribution in [0.15, 0.2) is 36.7 Å². The van der Waals surface area contributed by atoms with Gasteiger partial charge in [-0.25, -0.2) is 4.98 Å². The maximum Gasteiger partial charge on any atom is 0.246 e. The predicted molar refractivity (Wildman–Crippen MR) is 79.5 cm³/mol. The average Bonchev–Trinajstić information content (AvgIpc) is 2.99. The van der Waals surface area contributed by atoms with Crippen LogP contribution in [0.2, 0.25) is 0 Å². The van der Waals surface area contributed by atoms with Gasteiger partial charge in [-0.2, -0.15) is 5.10 Å². The Balaban J connectivity index is 1.91. The number of carbonyl (C=O) groups is 1. The van der Waals surface area contributed by atoms with Gasteiger partial charge in [0.05, 0.1) is 13.2 Å². The van der Waals surface area contributed by atoms with Crippen molar-refractivity contribution in [2.24, 2.45) is 0 Å². The summed E-state index contributed by atoms with van der Waals surface area (Å²) >= 11 is 0. The van der Waals surface area contributed by atoms with Crippen molar-refractivity contribution in [2.45, 2.75) is 13.5 Å². The first-order valence-corrected chi connectivity index (χ1v) is 6.69. The van der Waals surface area contributed by atoms with Crippen LogP contribution in [0.25, 0.3) is 6.08 Å². The molecule has 2 aromatic rings. The number of H-pyrrole nitrogens is 1. The molecule has 0 saturated carbocycles. The Kier molecular flexibility index (Phi) is 5.09. The van der Waals surface area contributed by atoms with Crippen molar-refractivity contribution < 1.29 is 9.53 Å². The lowest BCUT2D eigenvalue weighted by Gasteiger charge is -2.12. The normalized spacial score (nSPS) is 10.8. The second-order valence-electron chi connectivity index (χ2n) is 4.46. The van der Waals surface area contributed by atoms with E-state index in [0.717, 1.165) is 11.3 Å². The molecule has 0 radical (unpaired) electrons. The van der Waals surface area contributed by atoms with Crippen LogP contribution in [0.4, 0.5) is 0 Å². The van der Waals surface area contributed by atoms with Gasteiger partial charge in [0.2, 0.25) is 5.91 Å². The van der Waals surface area contributed by atoms with E-state index < -0.39 is 0 Å². The highest BCUT2D eigenvalue weighted by molar-refractivity contribution is 5.91. The molecule has 6 nitrogen and oxygen atoms in total. The number of carbonyl (C=O) groups excluding carboxylic acids is 1. The molecule has 1 heterocycles. The summed E-state index contributed by atoms with van der Waals surface area (Å²) in [7, 11) is 1.72. The van der Waals surface area contributed by atoms with Crippen LogP contribution in [0.1, 0.15) is 18.3 Å². The largest absolute Gasteiger partial charge is 0.494 e. The maximum atomic E-state index is 12.0. The van der Waals surface area contributed by atoms with Gasteiger partial charge in [-0.05, 0) is 30.7 Å². The molecular weight excluding hydrogens is 268 g/mol. The standard InChI is InChI=1S/C15H18N4O2/c1-3-21-13-7-4-12(5-8-13)6-9-15(20)19(2)10-14-16-11-17-18-14/h4-9,11H,3,10H2,1-2H3,(H,16,17,18). The van der Waals surface area contributed by atoms with Crippen molar-refractivity contribution in [1.29, 1.82) is 0 Å². The fourth-order valence-electron chi connectivity index (χ4n) is 1.75. The molecule has 0 aliphatic heterocycles. The molecule has 0 unspecified atom stereocenters. The van der Waals surface area contributed by atoms with Gasteiger partial charge in [-0.3, -0.25) is 9.89 Å². The average molecular weight is 286 g/mol. The number of amides is 1. The molecule has 0 atom stereocenters. The van der Waals surface area contributed by atoms with Crippen molar-refractivity contribution in [3.05, 3.63) is 48.1 Å². The summed E-state index contributed by atoms with van der Waals surface area (Å²) < 4.78 is 5.37. The fraction of sp³-hybridized carbons (Fsp3) is 0.267. The Morgan fingerprint density at radius 1 is 1.38 bits per heavy atom. The number of nitrogens with zero attached hydrogens (tertiary/aromatic N) is 3. The van der Waals surface area contributed by atoms with Crippen LogP contribution in [-0.4, -0.2) is 39.6 Å². The molecule has 110 valence electrons. The number of aromatic amines is 1. The van der Waals surface area contributed by atoms with Crippen LogP contribution >= 0.6 is 0 Å². The van der Waals surface area contributed by atoms with Gasteiger partial charge in [-0.1, -0.05) is 12.1 Å². The lowest BCUT2D eigenvalue weighted by atomic mass is 10.2. The minimum atomic E-state index is -0.0970. The summed E-state index contributed by atoms with van der Waals surface area (Å²) in [4.78, 5) is 17.5. The van der Waals surface area contributed by atoms with Crippen LogP contribution in [0, 0.1) is 0 Å². The number of rotatable bonds is 6. The molecule has 2 rings (SSSR count). The van der Waals surface area contributed by atoms with E-state index in [4.69, 9.17) is 4.74 Å². The predicted octanol–water partition coefficient (Wildman–Crippen LogP) is 1.88. The summed E-state index contributed by atoms with van der Waals surface area (Å²) in [5, 5.41) is 6.47. The quantitative estimate of drug-likeness (QED) is 0.823. The molecule has 0 fully saturated rings. The van der Waals surface area contributed by atoms with Gasteiger partial charge >= 0.3 is 0 Å². The highest BCUT2D eigenvalue weighted by atomic mass is 16.5. The molecule has 0 saturated heterocycles. The SMILES string of the molecule is CCOc1ccc(C=CC(=O)N(C)Cc2ncn[nH]2)cc1. The molecule has 0 spiro atoms. The van der Waals surface area contributed by atoms with Crippen molar-refractivity contribution in [1.82, 2.24) is 20.1 Å². The minimum absolute atomic E-state index is 0.0970. The smallest absolute Gasteiger partial charge is 0.246 e. The lowest BCUT2D eigenvalue weighted by molar-refractivity contribution is -0.125. The van der Waals surface area contributed by atoms with E-state index in [1.165, 1.54) is 12.4 Å². The highest BCUT2D eigenvalue weighted by Gasteiger charge is 2.07. The Bertz CT molecular complexity index is 591. The summed E-state index contributed by atoms with van der Waals surface area (Å²) in [5.41, 5.74) is 0.944. The third-order valence-electron chi connectivity index (χ3n) is 2.84. The maximum absolute atomic E-state index is 12.0. The van der Waals surface area contributed by atoms with Gasteiger partial charge in [0, 0.05) is 13.1 Å². The summed E-state index contributed by atoms with van der Waals surface area (Å²) in [5.74, 6) is 1.38. The Morgan fingerprint density at radius 3 is 2.76 bits per heavy atom. The third-order valence-corrected chi connectivity index (χ3v) is 2.84. The van der Waals surface area contributed by atoms with E-state index in [1.807, 2.05) is 31.2 Å². The van der Waals surface area contributed by atoms with Gasteiger partial charge in [0.15, 0.2) is 0 Å². The Morgan fingerprint density at radius 2 is 2.14 bits per heavy atom. The van der Waals surface area contributed by atoms with E-state index in [2.05, 4.69) is 15.2 Å². The first kappa shape index (κ1) is 14.8. The van der Waals surface area contributed by atoms with E-state index in [-0.39, 0.29) is 5.91 Å². The van der Waals surface area contributed by atoms with Crippen molar-refractivity contribution in [3.63, 3.8) is 0 Å². The van der Waals surface area contributed by atoms with Gasteiger partial charge in [0.1, 0.15) is 17.9 Å². The zero-order chi connectivity index (χ0) is 15.1. The Hall–Kier alpha value is -2.63. The van der Waals surface area contributed by atoms with Crippen molar-refractivity contribution in [2.75, 3.05) is 13.7 Å². The Labute approximate surface area is 123 Å². The van der Waals surface area contributed by atoms with Crippen LogP contribution in [0.3, 0.4) is 0 Å². The van der Waals surface area contributed by atoms with Crippen LogP contribution < -0.4 is 4.74 Å². The summed E-state index contributed by atoms with van der Waals surface area (Å²) in [6.07, 6.45) is 4.73. The molecule has 1 aromatic heterocycles. The first-order valence-electron chi connectivity index (χ1n) is 6.69. The van der Waals surface area contributed by atoms with E-state index in [1.54, 1.807) is 18.0 Å². The van der Waals surface area contributed by atoms with E-state index in [9.17, 15) is 4.79 Å². The number of likely N-dealkylation sites (N-methyl/N-ethyl adjacent to an activating group) is 1. The fourth-order valence-corrected chi connectivity index (χ4v) is 1.75. The number of hydrogen-bond donors (Lipinski definition) is 1. The zero-order valence-corrected chi connectivity index (χ0v) is 12.1. The summed E-state index contributed by atoms with van der Waals surface area (Å²) in [6, 6.07) is 7.58. The number of hydrogen-bond acceptors (Lipinski definition) is 4. The third kappa shape index (κ3) is 4.45. The van der Waals surface area contributed by atoms with Crippen molar-refractivity contribution in [3.8, 4) is 5.75 Å². The molecule has 0 aliphatic rings.